The van der Waals surface area contributed by atoms with Gasteiger partial charge >= 0.3 is 6.18 Å². The Kier molecular flexibility index (Phi) is 7.09. The quantitative estimate of drug-likeness (QED) is 0.530. The summed E-state index contributed by atoms with van der Waals surface area (Å²) < 4.78 is 70.9. The smallest absolute Gasteiger partial charge is 0.416 e. The van der Waals surface area contributed by atoms with E-state index in [1.165, 1.54) is 32.4 Å². The second kappa shape index (κ2) is 9.63. The number of halogens is 3. The number of carbonyl (C=O) groups is 1. The first kappa shape index (κ1) is 24.3. The molecule has 0 aromatic heterocycles. The van der Waals surface area contributed by atoms with E-state index in [9.17, 15) is 26.4 Å². The highest BCUT2D eigenvalue weighted by Crippen LogP contribution is 2.31. The third kappa shape index (κ3) is 5.71. The fourth-order valence-corrected chi connectivity index (χ4v) is 4.40. The van der Waals surface area contributed by atoms with Gasteiger partial charge in [0, 0.05) is 24.8 Å². The lowest BCUT2D eigenvalue weighted by atomic mass is 10.1. The van der Waals surface area contributed by atoms with Crippen molar-refractivity contribution in [1.29, 1.82) is 0 Å². The van der Waals surface area contributed by atoms with Gasteiger partial charge in [-0.1, -0.05) is 30.3 Å². The molecule has 0 saturated heterocycles. The number of amides is 1. The van der Waals surface area contributed by atoms with Gasteiger partial charge in [0.25, 0.3) is 5.91 Å². The molecule has 0 radical (unpaired) electrons. The van der Waals surface area contributed by atoms with Crippen molar-refractivity contribution in [3.05, 3.63) is 89.5 Å². The Hall–Kier alpha value is -3.37. The second-order valence-corrected chi connectivity index (χ2v) is 9.15. The second-order valence-electron chi connectivity index (χ2n) is 7.14. The molecular formula is C23H21F3N2O4S. The Morgan fingerprint density at radius 3 is 2.21 bits per heavy atom. The van der Waals surface area contributed by atoms with Gasteiger partial charge in [0.05, 0.1) is 12.7 Å². The molecule has 0 heterocycles. The van der Waals surface area contributed by atoms with E-state index in [0.29, 0.717) is 0 Å². The van der Waals surface area contributed by atoms with Gasteiger partial charge in [-0.25, -0.2) is 8.42 Å². The third-order valence-electron chi connectivity index (χ3n) is 4.83. The van der Waals surface area contributed by atoms with Gasteiger partial charge in [0.2, 0.25) is 10.0 Å². The minimum absolute atomic E-state index is 0.00221. The molecule has 10 heteroatoms. The van der Waals surface area contributed by atoms with Crippen LogP contribution in [0.4, 0.5) is 18.9 Å². The van der Waals surface area contributed by atoms with Crippen LogP contribution in [0.2, 0.25) is 0 Å². The maximum absolute atomic E-state index is 13.2. The Morgan fingerprint density at radius 1 is 1.00 bits per heavy atom. The number of nitrogens with one attached hydrogen (secondary N) is 1. The van der Waals surface area contributed by atoms with Crippen LogP contribution in [-0.2, 0) is 22.7 Å². The van der Waals surface area contributed by atoms with Gasteiger partial charge in [-0.3, -0.25) is 4.79 Å². The van der Waals surface area contributed by atoms with E-state index in [0.717, 1.165) is 34.1 Å². The number of sulfonamides is 1. The molecule has 3 aromatic rings. The number of nitrogens with zero attached hydrogens (tertiary/aromatic N) is 1. The van der Waals surface area contributed by atoms with Crippen LogP contribution in [-0.4, -0.2) is 32.8 Å². The Bertz CT molecular complexity index is 1230. The number of anilines is 1. The van der Waals surface area contributed by atoms with Gasteiger partial charge in [-0.05, 0) is 48.0 Å². The predicted molar refractivity (Wildman–Crippen MR) is 117 cm³/mol. The van der Waals surface area contributed by atoms with Gasteiger partial charge in [-0.2, -0.15) is 17.5 Å². The molecular weight excluding hydrogens is 457 g/mol. The van der Waals surface area contributed by atoms with Crippen LogP contribution in [0.15, 0.2) is 77.7 Å². The van der Waals surface area contributed by atoms with Crippen molar-refractivity contribution in [2.24, 2.45) is 0 Å². The molecule has 6 nitrogen and oxygen atoms in total. The molecule has 0 unspecified atom stereocenters. The predicted octanol–water partition coefficient (Wildman–Crippen LogP) is 4.79. The third-order valence-corrected chi connectivity index (χ3v) is 6.66. The average molecular weight is 478 g/mol. The van der Waals surface area contributed by atoms with E-state index in [2.05, 4.69) is 5.32 Å². The largest absolute Gasteiger partial charge is 0.495 e. The minimum Gasteiger partial charge on any atom is -0.495 e. The van der Waals surface area contributed by atoms with Crippen molar-refractivity contribution in [2.75, 3.05) is 19.5 Å². The van der Waals surface area contributed by atoms with Gasteiger partial charge in [-0.15, -0.1) is 0 Å². The Labute approximate surface area is 189 Å². The SMILES string of the molecule is COc1ccc(C(=O)Nc2ccc(C(F)(F)F)cc2)cc1S(=O)(=O)N(C)Cc1ccccc1. The van der Waals surface area contributed by atoms with Crippen LogP contribution in [0, 0.1) is 0 Å². The molecule has 3 aromatic carbocycles. The van der Waals surface area contributed by atoms with E-state index >= 15 is 0 Å². The molecule has 1 N–H and O–H groups in total. The Balaban J connectivity index is 1.86. The monoisotopic (exact) mass is 478 g/mol. The lowest BCUT2D eigenvalue weighted by Gasteiger charge is -2.19. The van der Waals surface area contributed by atoms with Crippen molar-refractivity contribution in [2.45, 2.75) is 17.6 Å². The standard InChI is InChI=1S/C23H21F3N2O4S/c1-28(15-16-6-4-3-5-7-16)33(30,31)21-14-17(8-13-20(21)32-2)22(29)27-19-11-9-18(10-12-19)23(24,25)26/h3-14H,15H2,1-2H3,(H,27,29). The molecule has 0 fully saturated rings. The summed E-state index contributed by atoms with van der Waals surface area (Å²) in [6.45, 7) is 0.105. The molecule has 0 spiro atoms. The van der Waals surface area contributed by atoms with Gasteiger partial charge in [0.1, 0.15) is 10.6 Å². The summed E-state index contributed by atoms with van der Waals surface area (Å²) in [6.07, 6.45) is -4.49. The average Bonchev–Trinajstić information content (AvgIpc) is 2.79. The number of methoxy groups -OCH3 is 1. The summed E-state index contributed by atoms with van der Waals surface area (Å²) in [5.74, 6) is -0.624. The Morgan fingerprint density at radius 2 is 1.64 bits per heavy atom. The van der Waals surface area contributed by atoms with E-state index in [1.54, 1.807) is 24.3 Å². The van der Waals surface area contributed by atoms with Gasteiger partial charge in [0.15, 0.2) is 0 Å². The van der Waals surface area contributed by atoms with Crippen LogP contribution < -0.4 is 10.1 Å². The normalized spacial score (nSPS) is 11.9. The molecule has 33 heavy (non-hydrogen) atoms. The lowest BCUT2D eigenvalue weighted by Crippen LogP contribution is -2.27. The topological polar surface area (TPSA) is 75.7 Å². The molecule has 0 saturated carbocycles. The maximum Gasteiger partial charge on any atom is 0.416 e. The molecule has 3 rings (SSSR count). The van der Waals surface area contributed by atoms with Crippen molar-refractivity contribution >= 4 is 21.6 Å². The summed E-state index contributed by atoms with van der Waals surface area (Å²) in [5, 5.41) is 2.47. The molecule has 0 aliphatic carbocycles. The highest BCUT2D eigenvalue weighted by atomic mass is 32.2. The fourth-order valence-electron chi connectivity index (χ4n) is 3.06. The molecule has 0 bridgehead atoms. The zero-order valence-corrected chi connectivity index (χ0v) is 18.6. The summed E-state index contributed by atoms with van der Waals surface area (Å²) in [6, 6.07) is 16.8. The van der Waals surface area contributed by atoms with Crippen molar-refractivity contribution in [1.82, 2.24) is 4.31 Å². The van der Waals surface area contributed by atoms with E-state index in [4.69, 9.17) is 4.74 Å². The van der Waals surface area contributed by atoms with Crippen molar-refractivity contribution in [3.63, 3.8) is 0 Å². The summed E-state index contributed by atoms with van der Waals surface area (Å²) in [7, 11) is -1.30. The highest BCUT2D eigenvalue weighted by molar-refractivity contribution is 7.89. The van der Waals surface area contributed by atoms with Crippen molar-refractivity contribution < 1.29 is 31.1 Å². The summed E-state index contributed by atoms with van der Waals surface area (Å²) >= 11 is 0. The zero-order chi connectivity index (χ0) is 24.2. The van der Waals surface area contributed by atoms with E-state index < -0.39 is 27.7 Å². The zero-order valence-electron chi connectivity index (χ0n) is 17.8. The number of hydrogen-bond acceptors (Lipinski definition) is 4. The van der Waals surface area contributed by atoms with Gasteiger partial charge < -0.3 is 10.1 Å². The van der Waals surface area contributed by atoms with Crippen LogP contribution in [0.1, 0.15) is 21.5 Å². The number of alkyl halides is 3. The molecule has 0 aliphatic rings. The fraction of sp³-hybridized carbons (Fsp3) is 0.174. The van der Waals surface area contributed by atoms with Crippen LogP contribution in [0.25, 0.3) is 0 Å². The first-order valence-electron chi connectivity index (χ1n) is 9.69. The van der Waals surface area contributed by atoms with E-state index in [1.807, 2.05) is 6.07 Å². The lowest BCUT2D eigenvalue weighted by molar-refractivity contribution is -0.137. The minimum atomic E-state index is -4.49. The number of carbonyl (C=O) groups excluding carboxylic acids is 1. The molecule has 0 aliphatic heterocycles. The van der Waals surface area contributed by atoms with Crippen LogP contribution in [0.3, 0.4) is 0 Å². The maximum atomic E-state index is 13.2. The summed E-state index contributed by atoms with van der Waals surface area (Å²) in [4.78, 5) is 12.4. The molecule has 0 atom stereocenters. The van der Waals surface area contributed by atoms with Crippen LogP contribution >= 0.6 is 0 Å². The molecule has 174 valence electrons. The number of benzene rings is 3. The van der Waals surface area contributed by atoms with E-state index in [-0.39, 0.29) is 28.4 Å². The first-order chi connectivity index (χ1) is 15.5. The highest BCUT2D eigenvalue weighted by Gasteiger charge is 2.30. The number of hydrogen-bond donors (Lipinski definition) is 1. The first-order valence-corrected chi connectivity index (χ1v) is 11.1. The summed E-state index contributed by atoms with van der Waals surface area (Å²) in [5.41, 5.74) is 0.0651. The van der Waals surface area contributed by atoms with Crippen molar-refractivity contribution in [3.8, 4) is 5.75 Å². The number of ether oxygens (including phenoxy) is 1. The molecule has 1 amide bonds. The number of rotatable bonds is 7. The van der Waals surface area contributed by atoms with Crippen LogP contribution in [0.5, 0.6) is 5.75 Å².